The number of nitrogen functional groups attached to an aromatic ring is 1. The maximum Gasteiger partial charge on any atom is 0.251 e. The van der Waals surface area contributed by atoms with Crippen LogP contribution in [0.25, 0.3) is 10.2 Å². The van der Waals surface area contributed by atoms with Crippen molar-refractivity contribution in [2.75, 3.05) is 12.3 Å². The molecule has 0 saturated carbocycles. The first-order valence-corrected chi connectivity index (χ1v) is 7.03. The summed E-state index contributed by atoms with van der Waals surface area (Å²) >= 11 is 1.37. The summed E-state index contributed by atoms with van der Waals surface area (Å²) in [6, 6.07) is 5.33. The van der Waals surface area contributed by atoms with E-state index in [4.69, 9.17) is 10.8 Å². The molecule has 4 N–H and O–H groups in total. The van der Waals surface area contributed by atoms with Crippen LogP contribution in [0.3, 0.4) is 0 Å². The van der Waals surface area contributed by atoms with Crippen molar-refractivity contribution in [1.82, 2.24) is 10.3 Å². The summed E-state index contributed by atoms with van der Waals surface area (Å²) in [4.78, 5) is 16.3. The Balaban J connectivity index is 2.16. The van der Waals surface area contributed by atoms with Gasteiger partial charge < -0.3 is 16.2 Å². The maximum absolute atomic E-state index is 12.1. The third kappa shape index (κ3) is 3.21. The van der Waals surface area contributed by atoms with Crippen LogP contribution < -0.4 is 11.1 Å². The molecule has 2 aromatic rings. The van der Waals surface area contributed by atoms with E-state index in [9.17, 15) is 4.79 Å². The zero-order valence-corrected chi connectivity index (χ0v) is 11.5. The molecule has 1 amide bonds. The molecule has 1 aromatic heterocycles. The van der Waals surface area contributed by atoms with Gasteiger partial charge in [0.1, 0.15) is 0 Å². The number of carbonyl (C=O) groups excluding carboxylic acids is 1. The van der Waals surface area contributed by atoms with Crippen LogP contribution in [0.1, 0.15) is 30.1 Å². The highest BCUT2D eigenvalue weighted by Gasteiger charge is 2.13. The zero-order valence-electron chi connectivity index (χ0n) is 10.7. The normalized spacial score (nSPS) is 12.5. The fourth-order valence-electron chi connectivity index (χ4n) is 1.89. The quantitative estimate of drug-likeness (QED) is 0.778. The molecule has 0 radical (unpaired) electrons. The zero-order chi connectivity index (χ0) is 13.8. The van der Waals surface area contributed by atoms with Crippen LogP contribution in [0, 0.1) is 0 Å². The summed E-state index contributed by atoms with van der Waals surface area (Å²) in [6.07, 6.45) is 1.36. The summed E-state index contributed by atoms with van der Waals surface area (Å²) < 4.78 is 0.903. The van der Waals surface area contributed by atoms with Gasteiger partial charge in [-0.05, 0) is 31.0 Å². The first kappa shape index (κ1) is 13.8. The number of nitrogens with zero attached hydrogens (tertiary/aromatic N) is 1. The minimum absolute atomic E-state index is 0.000253. The topological polar surface area (TPSA) is 88.2 Å². The van der Waals surface area contributed by atoms with Crippen molar-refractivity contribution in [1.29, 1.82) is 0 Å². The molecule has 1 atom stereocenters. The van der Waals surface area contributed by atoms with E-state index in [-0.39, 0.29) is 18.6 Å². The van der Waals surface area contributed by atoms with Gasteiger partial charge in [-0.25, -0.2) is 4.98 Å². The van der Waals surface area contributed by atoms with Crippen molar-refractivity contribution in [3.05, 3.63) is 23.8 Å². The Morgan fingerprint density at radius 2 is 2.37 bits per heavy atom. The van der Waals surface area contributed by atoms with Gasteiger partial charge in [-0.2, -0.15) is 0 Å². The lowest BCUT2D eigenvalue weighted by molar-refractivity contribution is 0.0929. The average Bonchev–Trinajstić information content (AvgIpc) is 2.76. The minimum atomic E-state index is -0.130. The molecule has 0 aliphatic carbocycles. The van der Waals surface area contributed by atoms with Crippen LogP contribution >= 0.6 is 11.3 Å². The van der Waals surface area contributed by atoms with E-state index in [0.29, 0.717) is 17.1 Å². The molecular formula is C13H17N3O2S. The van der Waals surface area contributed by atoms with Gasteiger partial charge >= 0.3 is 0 Å². The van der Waals surface area contributed by atoms with Crippen LogP contribution in [0.2, 0.25) is 0 Å². The van der Waals surface area contributed by atoms with Crippen LogP contribution in [0.15, 0.2) is 18.2 Å². The van der Waals surface area contributed by atoms with Crippen molar-refractivity contribution in [3.63, 3.8) is 0 Å². The van der Waals surface area contributed by atoms with E-state index < -0.39 is 0 Å². The standard InChI is InChI=1S/C13H17N3O2S/c1-2-9(5-6-17)15-12(18)8-3-4-10-11(7-8)19-13(14)16-10/h3-4,7,9,17H,2,5-6H2,1H3,(H2,14,16)(H,15,18). The molecule has 0 aliphatic rings. The van der Waals surface area contributed by atoms with Crippen molar-refractivity contribution in [2.45, 2.75) is 25.8 Å². The van der Waals surface area contributed by atoms with Crippen LogP contribution in [-0.2, 0) is 0 Å². The third-order valence-electron chi connectivity index (χ3n) is 2.97. The summed E-state index contributed by atoms with van der Waals surface area (Å²) in [5.74, 6) is -0.130. The Hall–Kier alpha value is -1.66. The van der Waals surface area contributed by atoms with E-state index in [1.807, 2.05) is 6.92 Å². The molecule has 6 heteroatoms. The summed E-state index contributed by atoms with van der Waals surface area (Å²) in [5, 5.41) is 12.3. The van der Waals surface area contributed by atoms with Gasteiger partial charge in [0.05, 0.1) is 10.2 Å². The largest absolute Gasteiger partial charge is 0.396 e. The Morgan fingerprint density at radius 1 is 1.58 bits per heavy atom. The molecule has 102 valence electrons. The number of hydrogen-bond acceptors (Lipinski definition) is 5. The monoisotopic (exact) mass is 279 g/mol. The van der Waals surface area contributed by atoms with Gasteiger partial charge in [0.25, 0.3) is 5.91 Å². The molecular weight excluding hydrogens is 262 g/mol. The van der Waals surface area contributed by atoms with E-state index in [1.165, 1.54) is 11.3 Å². The first-order valence-electron chi connectivity index (χ1n) is 6.21. The predicted octanol–water partition coefficient (Wildman–Crippen LogP) is 1.77. The van der Waals surface area contributed by atoms with Gasteiger partial charge in [-0.3, -0.25) is 4.79 Å². The van der Waals surface area contributed by atoms with Gasteiger partial charge in [0.2, 0.25) is 0 Å². The lowest BCUT2D eigenvalue weighted by atomic mass is 10.1. The smallest absolute Gasteiger partial charge is 0.251 e. The van der Waals surface area contributed by atoms with Crippen LogP contribution in [-0.4, -0.2) is 28.6 Å². The van der Waals surface area contributed by atoms with Gasteiger partial charge in [-0.1, -0.05) is 18.3 Å². The van der Waals surface area contributed by atoms with Gasteiger partial charge in [0.15, 0.2) is 5.13 Å². The molecule has 2 rings (SSSR count). The lowest BCUT2D eigenvalue weighted by Crippen LogP contribution is -2.35. The number of aromatic nitrogens is 1. The molecule has 0 saturated heterocycles. The number of hydrogen-bond donors (Lipinski definition) is 3. The number of nitrogens with one attached hydrogen (secondary N) is 1. The number of rotatable bonds is 5. The molecule has 19 heavy (non-hydrogen) atoms. The molecule has 0 fully saturated rings. The second-order valence-electron chi connectivity index (χ2n) is 4.33. The number of carbonyl (C=O) groups is 1. The fraction of sp³-hybridized carbons (Fsp3) is 0.385. The number of thiazole rings is 1. The third-order valence-corrected chi connectivity index (χ3v) is 3.82. The summed E-state index contributed by atoms with van der Waals surface area (Å²) in [7, 11) is 0. The number of anilines is 1. The van der Waals surface area contributed by atoms with E-state index in [1.54, 1.807) is 18.2 Å². The van der Waals surface area contributed by atoms with Crippen molar-refractivity contribution in [2.24, 2.45) is 0 Å². The molecule has 1 unspecified atom stereocenters. The van der Waals surface area contributed by atoms with E-state index >= 15 is 0 Å². The van der Waals surface area contributed by atoms with Crippen LogP contribution in [0.4, 0.5) is 5.13 Å². The second-order valence-corrected chi connectivity index (χ2v) is 5.39. The average molecular weight is 279 g/mol. The van der Waals surface area contributed by atoms with Crippen molar-refractivity contribution >= 4 is 32.6 Å². The number of fused-ring (bicyclic) bond motifs is 1. The number of nitrogens with two attached hydrogens (primary N) is 1. The number of aliphatic hydroxyl groups excluding tert-OH is 1. The van der Waals surface area contributed by atoms with Crippen LogP contribution in [0.5, 0.6) is 0 Å². The molecule has 0 bridgehead atoms. The Bertz CT molecular complexity index is 582. The predicted molar refractivity (Wildman–Crippen MR) is 77.3 cm³/mol. The molecule has 0 spiro atoms. The highest BCUT2D eigenvalue weighted by molar-refractivity contribution is 7.22. The second kappa shape index (κ2) is 5.99. The SMILES string of the molecule is CCC(CCO)NC(=O)c1ccc2nc(N)sc2c1. The molecule has 1 aromatic carbocycles. The van der Waals surface area contributed by atoms with Crippen molar-refractivity contribution in [3.8, 4) is 0 Å². The number of aliphatic hydroxyl groups is 1. The first-order chi connectivity index (χ1) is 9.13. The Labute approximate surface area is 115 Å². The van der Waals surface area contributed by atoms with Gasteiger partial charge in [0, 0.05) is 18.2 Å². The van der Waals surface area contributed by atoms with E-state index in [2.05, 4.69) is 10.3 Å². The minimum Gasteiger partial charge on any atom is -0.396 e. The highest BCUT2D eigenvalue weighted by atomic mass is 32.1. The Morgan fingerprint density at radius 3 is 3.05 bits per heavy atom. The number of amides is 1. The fourth-order valence-corrected chi connectivity index (χ4v) is 2.66. The van der Waals surface area contributed by atoms with Crippen molar-refractivity contribution < 1.29 is 9.90 Å². The van der Waals surface area contributed by atoms with E-state index in [0.717, 1.165) is 16.6 Å². The Kier molecular flexibility index (Phi) is 4.34. The maximum atomic E-state index is 12.1. The van der Waals surface area contributed by atoms with Gasteiger partial charge in [-0.15, -0.1) is 0 Å². The molecule has 5 nitrogen and oxygen atoms in total. The lowest BCUT2D eigenvalue weighted by Gasteiger charge is -2.15. The molecule has 1 heterocycles. The molecule has 0 aliphatic heterocycles. The highest BCUT2D eigenvalue weighted by Crippen LogP contribution is 2.24. The number of benzene rings is 1. The summed E-state index contributed by atoms with van der Waals surface area (Å²) in [6.45, 7) is 2.05. The summed E-state index contributed by atoms with van der Waals surface area (Å²) in [5.41, 5.74) is 7.03.